The molecule has 0 bridgehead atoms. The molecule has 10 heteroatoms. The summed E-state index contributed by atoms with van der Waals surface area (Å²) in [6.45, 7) is 1.79. The van der Waals surface area contributed by atoms with Gasteiger partial charge in [0.15, 0.2) is 5.58 Å². The lowest BCUT2D eigenvalue weighted by Gasteiger charge is -2.08. The molecule has 4 rings (SSSR count). The van der Waals surface area contributed by atoms with Gasteiger partial charge in [0, 0.05) is 30.8 Å². The van der Waals surface area contributed by atoms with E-state index in [2.05, 4.69) is 10.5 Å². The molecule has 2 aromatic heterocycles. The van der Waals surface area contributed by atoms with Crippen LogP contribution in [-0.2, 0) is 16.1 Å². The highest BCUT2D eigenvalue weighted by Gasteiger charge is 2.12. The minimum absolute atomic E-state index is 0.218. The maximum Gasteiger partial charge on any atom is 0.328 e. The summed E-state index contributed by atoms with van der Waals surface area (Å²) < 4.78 is 25.3. The number of nitrogens with zero attached hydrogens (tertiary/aromatic N) is 1. The van der Waals surface area contributed by atoms with Crippen LogP contribution in [-0.4, -0.2) is 40.5 Å². The Morgan fingerprint density at radius 2 is 1.85 bits per heavy atom. The second-order valence-corrected chi connectivity index (χ2v) is 7.75. The van der Waals surface area contributed by atoms with Crippen molar-refractivity contribution in [2.75, 3.05) is 13.2 Å². The Balaban J connectivity index is 0.000000350. The maximum absolute atomic E-state index is 13.1. The van der Waals surface area contributed by atoms with Crippen molar-refractivity contribution in [2.45, 2.75) is 6.54 Å². The highest BCUT2D eigenvalue weighted by Crippen LogP contribution is 2.33. The fourth-order valence-electron chi connectivity index (χ4n) is 2.86. The van der Waals surface area contributed by atoms with Crippen molar-refractivity contribution >= 4 is 33.6 Å². The number of halogens is 1. The minimum Gasteiger partial charge on any atom is -0.492 e. The average Bonchev–Trinajstić information content (AvgIpc) is 3.42. The van der Waals surface area contributed by atoms with E-state index in [-0.39, 0.29) is 5.82 Å². The van der Waals surface area contributed by atoms with Crippen molar-refractivity contribution in [2.24, 2.45) is 0 Å². The van der Waals surface area contributed by atoms with E-state index in [1.807, 2.05) is 41.8 Å². The highest BCUT2D eigenvalue weighted by atomic mass is 32.1. The number of rotatable bonds is 9. The first-order chi connectivity index (χ1) is 16.4. The zero-order valence-electron chi connectivity index (χ0n) is 17.8. The molecule has 4 aromatic rings. The molecule has 0 amide bonds. The van der Waals surface area contributed by atoms with Crippen LogP contribution < -0.4 is 10.1 Å². The molecule has 34 heavy (non-hydrogen) atoms. The lowest BCUT2D eigenvalue weighted by atomic mass is 10.1. The number of aliphatic carboxylic acids is 2. The van der Waals surface area contributed by atoms with E-state index in [4.69, 9.17) is 19.5 Å². The van der Waals surface area contributed by atoms with Gasteiger partial charge in [-0.3, -0.25) is 0 Å². The second-order valence-electron chi connectivity index (χ2n) is 6.84. The number of benzene rings is 2. The predicted octanol–water partition coefficient (Wildman–Crippen LogP) is 4.58. The number of carbonyl (C=O) groups is 2. The molecule has 2 aromatic carbocycles. The molecule has 0 fully saturated rings. The fourth-order valence-corrected chi connectivity index (χ4v) is 3.67. The zero-order chi connectivity index (χ0) is 24.3. The number of carboxylic acid groups (broad SMARTS) is 2. The van der Waals surface area contributed by atoms with E-state index in [0.29, 0.717) is 31.8 Å². The van der Waals surface area contributed by atoms with Crippen LogP contribution in [0.4, 0.5) is 4.39 Å². The Morgan fingerprint density at radius 3 is 2.59 bits per heavy atom. The first kappa shape index (κ1) is 24.6. The number of aromatic nitrogens is 1. The molecule has 0 aliphatic carbocycles. The topological polar surface area (TPSA) is 122 Å². The van der Waals surface area contributed by atoms with Crippen LogP contribution in [0.2, 0.25) is 0 Å². The van der Waals surface area contributed by atoms with Gasteiger partial charge in [0.25, 0.3) is 0 Å². The smallest absolute Gasteiger partial charge is 0.328 e. The molecule has 0 aliphatic rings. The van der Waals surface area contributed by atoms with Crippen molar-refractivity contribution in [1.29, 1.82) is 0 Å². The lowest BCUT2D eigenvalue weighted by Crippen LogP contribution is -2.20. The number of nitrogens with one attached hydrogen (secondary N) is 1. The third-order valence-electron chi connectivity index (χ3n) is 4.32. The number of fused-ring (bicyclic) bond motifs is 1. The summed E-state index contributed by atoms with van der Waals surface area (Å²) in [7, 11) is 0. The molecule has 0 saturated carbocycles. The molecular weight excluding hydrogens is 463 g/mol. The number of hydrogen-bond acceptors (Lipinski definition) is 7. The third kappa shape index (κ3) is 7.54. The molecule has 0 radical (unpaired) electrons. The summed E-state index contributed by atoms with van der Waals surface area (Å²) in [6.07, 6.45) is 1.12. The summed E-state index contributed by atoms with van der Waals surface area (Å²) in [4.78, 5) is 19.1. The van der Waals surface area contributed by atoms with Gasteiger partial charge < -0.3 is 24.8 Å². The molecule has 176 valence electrons. The standard InChI is InChI=1S/C20H17FN2O2S.C4H4O4/c21-16-5-1-3-14(11-16)13-22-8-9-24-17-6-2-4-15(12-17)19-20-18(25-23-19)7-10-26-20;5-3(6)1-2-4(7)8/h1-7,10-12,22H,8-9,13H2;1-2H,(H,5,6)(H,7,8)/b;2-1-. The second kappa shape index (κ2) is 12.3. The van der Waals surface area contributed by atoms with Crippen LogP contribution in [0.1, 0.15) is 5.56 Å². The van der Waals surface area contributed by atoms with Gasteiger partial charge in [-0.25, -0.2) is 14.0 Å². The van der Waals surface area contributed by atoms with E-state index >= 15 is 0 Å². The van der Waals surface area contributed by atoms with Gasteiger partial charge in [-0.05, 0) is 41.3 Å². The van der Waals surface area contributed by atoms with Gasteiger partial charge in [0.05, 0.1) is 0 Å². The summed E-state index contributed by atoms with van der Waals surface area (Å²) in [5.41, 5.74) is 3.52. The van der Waals surface area contributed by atoms with E-state index < -0.39 is 11.9 Å². The van der Waals surface area contributed by atoms with Gasteiger partial charge in [0.1, 0.15) is 28.6 Å². The first-order valence-electron chi connectivity index (χ1n) is 10.1. The largest absolute Gasteiger partial charge is 0.492 e. The number of ether oxygens (including phenoxy) is 1. The van der Waals surface area contributed by atoms with Gasteiger partial charge >= 0.3 is 11.9 Å². The summed E-state index contributed by atoms with van der Waals surface area (Å²) in [6, 6.07) is 16.3. The Kier molecular flexibility index (Phi) is 8.89. The van der Waals surface area contributed by atoms with Crippen molar-refractivity contribution in [3.05, 3.63) is 83.5 Å². The molecule has 3 N–H and O–H groups in total. The minimum atomic E-state index is -1.26. The Labute approximate surface area is 197 Å². The molecule has 0 saturated heterocycles. The number of hydrogen-bond donors (Lipinski definition) is 3. The van der Waals surface area contributed by atoms with Gasteiger partial charge in [-0.1, -0.05) is 29.4 Å². The normalized spacial score (nSPS) is 10.7. The predicted molar refractivity (Wildman–Crippen MR) is 125 cm³/mol. The van der Waals surface area contributed by atoms with Crippen molar-refractivity contribution in [1.82, 2.24) is 10.5 Å². The monoisotopic (exact) mass is 484 g/mol. The molecule has 8 nitrogen and oxygen atoms in total. The maximum atomic E-state index is 13.1. The summed E-state index contributed by atoms with van der Waals surface area (Å²) in [5, 5.41) is 25.0. The molecule has 0 unspecified atom stereocenters. The molecule has 0 atom stereocenters. The highest BCUT2D eigenvalue weighted by molar-refractivity contribution is 7.17. The molecule has 0 aliphatic heterocycles. The van der Waals surface area contributed by atoms with Gasteiger partial charge in [0.2, 0.25) is 0 Å². The molecular formula is C24H21FN2O6S. The Bertz CT molecular complexity index is 1270. The van der Waals surface area contributed by atoms with Crippen LogP contribution in [0.25, 0.3) is 21.5 Å². The average molecular weight is 485 g/mol. The molecule has 2 heterocycles. The van der Waals surface area contributed by atoms with Gasteiger partial charge in [-0.2, -0.15) is 0 Å². The third-order valence-corrected chi connectivity index (χ3v) is 5.22. The van der Waals surface area contributed by atoms with Crippen molar-refractivity contribution < 1.29 is 33.5 Å². The quantitative estimate of drug-likeness (QED) is 0.233. The Hall–Kier alpha value is -4.02. The van der Waals surface area contributed by atoms with E-state index in [1.54, 1.807) is 17.4 Å². The van der Waals surface area contributed by atoms with Crippen LogP contribution in [0.3, 0.4) is 0 Å². The van der Waals surface area contributed by atoms with E-state index in [1.165, 1.54) is 12.1 Å². The van der Waals surface area contributed by atoms with Gasteiger partial charge in [-0.15, -0.1) is 11.3 Å². The SMILES string of the molecule is Fc1cccc(CNCCOc2cccc(-c3noc4ccsc34)c2)c1.O=C(O)/C=C\C(=O)O. The van der Waals surface area contributed by atoms with E-state index in [0.717, 1.165) is 32.9 Å². The lowest BCUT2D eigenvalue weighted by molar-refractivity contribution is -0.134. The Morgan fingerprint density at radius 1 is 1.09 bits per heavy atom. The fraction of sp³-hybridized carbons (Fsp3) is 0.125. The van der Waals surface area contributed by atoms with E-state index in [9.17, 15) is 14.0 Å². The first-order valence-corrected chi connectivity index (χ1v) is 11.0. The van der Waals surface area contributed by atoms with Crippen LogP contribution in [0.5, 0.6) is 5.75 Å². The number of thiophene rings is 1. The zero-order valence-corrected chi connectivity index (χ0v) is 18.6. The van der Waals surface area contributed by atoms with Crippen LogP contribution >= 0.6 is 11.3 Å². The summed E-state index contributed by atoms with van der Waals surface area (Å²) >= 11 is 1.61. The van der Waals surface area contributed by atoms with Crippen molar-refractivity contribution in [3.8, 4) is 17.0 Å². The van der Waals surface area contributed by atoms with Crippen LogP contribution in [0, 0.1) is 5.82 Å². The molecule has 0 spiro atoms. The number of carboxylic acids is 2. The summed E-state index contributed by atoms with van der Waals surface area (Å²) in [5.74, 6) is -1.95. The van der Waals surface area contributed by atoms with Crippen LogP contribution in [0.15, 0.2) is 76.7 Å². The van der Waals surface area contributed by atoms with Crippen molar-refractivity contribution in [3.63, 3.8) is 0 Å².